The number of hydrogen-bond donors (Lipinski definition) is 0. The summed E-state index contributed by atoms with van der Waals surface area (Å²) in [5, 5.41) is 4.53. The van der Waals surface area contributed by atoms with Crippen LogP contribution in [-0.4, -0.2) is 4.57 Å². The van der Waals surface area contributed by atoms with Crippen LogP contribution in [0.1, 0.15) is 0 Å². The van der Waals surface area contributed by atoms with E-state index < -0.39 is 0 Å². The number of para-hydroxylation sites is 3. The number of aromatic nitrogens is 1. The summed E-state index contributed by atoms with van der Waals surface area (Å²) in [6.07, 6.45) is 0. The summed E-state index contributed by atoms with van der Waals surface area (Å²) in [6.45, 7) is 0. The molecule has 0 N–H and O–H groups in total. The Morgan fingerprint density at radius 2 is 0.825 bits per heavy atom. The number of anilines is 3. The minimum atomic E-state index is 0.862. The number of furan rings is 1. The number of rotatable bonds is 8. The van der Waals surface area contributed by atoms with Crippen molar-refractivity contribution in [2.75, 3.05) is 4.90 Å². The summed E-state index contributed by atoms with van der Waals surface area (Å²) in [5.74, 6) is 0. The molecule has 0 spiro atoms. The Morgan fingerprint density at radius 1 is 0.302 bits per heavy atom. The second kappa shape index (κ2) is 15.3. The molecule has 0 amide bonds. The molecule has 0 fully saturated rings. The van der Waals surface area contributed by atoms with Gasteiger partial charge in [-0.2, -0.15) is 0 Å². The van der Waals surface area contributed by atoms with Crippen molar-refractivity contribution in [3.05, 3.63) is 243 Å². The fourth-order valence-corrected chi connectivity index (χ4v) is 9.44. The lowest BCUT2D eigenvalue weighted by Gasteiger charge is -2.28. The van der Waals surface area contributed by atoms with E-state index in [1.165, 1.54) is 33.0 Å². The Labute approximate surface area is 366 Å². The Morgan fingerprint density at radius 3 is 1.46 bits per heavy atom. The summed E-state index contributed by atoms with van der Waals surface area (Å²) >= 11 is 0. The fraction of sp³-hybridized carbons (Fsp3) is 0. The molecule has 63 heavy (non-hydrogen) atoms. The highest BCUT2D eigenvalue weighted by atomic mass is 16.3. The Balaban J connectivity index is 1.23. The van der Waals surface area contributed by atoms with Crippen LogP contribution in [-0.2, 0) is 0 Å². The minimum Gasteiger partial charge on any atom is -0.456 e. The van der Waals surface area contributed by atoms with Crippen molar-refractivity contribution in [2.24, 2.45) is 0 Å². The fourth-order valence-electron chi connectivity index (χ4n) is 9.44. The summed E-state index contributed by atoms with van der Waals surface area (Å²) in [5.41, 5.74) is 17.5. The summed E-state index contributed by atoms with van der Waals surface area (Å²) in [4.78, 5) is 2.46. The van der Waals surface area contributed by atoms with Gasteiger partial charge in [0.1, 0.15) is 11.2 Å². The van der Waals surface area contributed by atoms with Gasteiger partial charge in [-0.15, -0.1) is 0 Å². The second-order valence-corrected chi connectivity index (χ2v) is 16.1. The lowest BCUT2D eigenvalue weighted by atomic mass is 9.95. The number of nitrogens with zero attached hydrogens (tertiary/aromatic N) is 2. The lowest BCUT2D eigenvalue weighted by Crippen LogP contribution is -2.12. The predicted octanol–water partition coefficient (Wildman–Crippen LogP) is 16.8. The average Bonchev–Trinajstić information content (AvgIpc) is 3.91. The first kappa shape index (κ1) is 36.5. The van der Waals surface area contributed by atoms with Crippen molar-refractivity contribution < 1.29 is 4.42 Å². The molecule has 2 aromatic heterocycles. The molecule has 0 aliphatic rings. The van der Waals surface area contributed by atoms with Crippen LogP contribution in [0.3, 0.4) is 0 Å². The largest absolute Gasteiger partial charge is 0.456 e. The third-order valence-corrected chi connectivity index (χ3v) is 12.3. The highest BCUT2D eigenvalue weighted by Gasteiger charge is 2.25. The van der Waals surface area contributed by atoms with Gasteiger partial charge in [0.25, 0.3) is 0 Å². The maximum atomic E-state index is 6.42. The van der Waals surface area contributed by atoms with Crippen molar-refractivity contribution in [2.45, 2.75) is 0 Å². The average molecular weight is 805 g/mol. The normalized spacial score (nSPS) is 11.5. The smallest absolute Gasteiger partial charge is 0.135 e. The molecule has 0 aliphatic carbocycles. The van der Waals surface area contributed by atoms with Crippen LogP contribution in [0, 0.1) is 0 Å². The molecule has 0 saturated carbocycles. The molecule has 12 aromatic rings. The van der Waals surface area contributed by atoms with Crippen LogP contribution in [0.25, 0.3) is 93.9 Å². The zero-order chi connectivity index (χ0) is 41.7. The van der Waals surface area contributed by atoms with Crippen molar-refractivity contribution >= 4 is 60.8 Å². The van der Waals surface area contributed by atoms with Crippen LogP contribution in [0.4, 0.5) is 17.1 Å². The molecular formula is C60H40N2O. The lowest BCUT2D eigenvalue weighted by molar-refractivity contribution is 0.669. The maximum absolute atomic E-state index is 6.42. The van der Waals surface area contributed by atoms with Crippen LogP contribution < -0.4 is 4.90 Å². The van der Waals surface area contributed by atoms with Crippen LogP contribution in [0.2, 0.25) is 0 Å². The van der Waals surface area contributed by atoms with Crippen LogP contribution in [0.15, 0.2) is 247 Å². The van der Waals surface area contributed by atoms with E-state index in [-0.39, 0.29) is 0 Å². The van der Waals surface area contributed by atoms with Crippen molar-refractivity contribution in [1.29, 1.82) is 0 Å². The maximum Gasteiger partial charge on any atom is 0.135 e. The highest BCUT2D eigenvalue weighted by Crippen LogP contribution is 2.48. The molecule has 0 bridgehead atoms. The summed E-state index contributed by atoms with van der Waals surface area (Å²) in [7, 11) is 0. The first-order valence-corrected chi connectivity index (χ1v) is 21.5. The van der Waals surface area contributed by atoms with Gasteiger partial charge in [0.2, 0.25) is 0 Å². The number of fused-ring (bicyclic) bond motifs is 6. The molecule has 0 aliphatic heterocycles. The molecule has 3 heteroatoms. The molecule has 2 heterocycles. The third kappa shape index (κ3) is 6.38. The van der Waals surface area contributed by atoms with Gasteiger partial charge in [0.15, 0.2) is 0 Å². The zero-order valence-electron chi connectivity index (χ0n) is 34.4. The summed E-state index contributed by atoms with van der Waals surface area (Å²) < 4.78 is 8.91. The van der Waals surface area contributed by atoms with E-state index in [0.717, 1.165) is 78.0 Å². The molecule has 0 unspecified atom stereocenters. The van der Waals surface area contributed by atoms with Gasteiger partial charge < -0.3 is 13.9 Å². The SMILES string of the molecule is c1ccc(-c2cc(-c3ccccc3)cc(N(c3ccc4oc5ccccc5c4c3)c3cccc4c5cc(-c6ccccc6)cc(-c6ccccc6)c5n(-c5ccccc5)c34)c2)cc1. The van der Waals surface area contributed by atoms with Gasteiger partial charge in [-0.1, -0.05) is 170 Å². The van der Waals surface area contributed by atoms with Crippen molar-refractivity contribution in [3.8, 4) is 50.2 Å². The van der Waals surface area contributed by atoms with E-state index in [4.69, 9.17) is 4.42 Å². The molecule has 0 radical (unpaired) electrons. The van der Waals surface area contributed by atoms with Gasteiger partial charge in [-0.25, -0.2) is 0 Å². The van der Waals surface area contributed by atoms with Gasteiger partial charge >= 0.3 is 0 Å². The van der Waals surface area contributed by atoms with E-state index in [2.05, 4.69) is 246 Å². The zero-order valence-corrected chi connectivity index (χ0v) is 34.4. The quantitative estimate of drug-likeness (QED) is 0.153. The van der Waals surface area contributed by atoms with Crippen molar-refractivity contribution in [1.82, 2.24) is 4.57 Å². The van der Waals surface area contributed by atoms with Gasteiger partial charge in [-0.05, 0) is 112 Å². The molecule has 12 rings (SSSR count). The molecule has 0 saturated heterocycles. The third-order valence-electron chi connectivity index (χ3n) is 12.3. The Bertz CT molecular complexity index is 3540. The monoisotopic (exact) mass is 804 g/mol. The molecule has 3 nitrogen and oxygen atoms in total. The molecule has 296 valence electrons. The van der Waals surface area contributed by atoms with E-state index in [9.17, 15) is 0 Å². The highest BCUT2D eigenvalue weighted by molar-refractivity contribution is 6.19. The minimum absolute atomic E-state index is 0.862. The first-order chi connectivity index (χ1) is 31.2. The standard InChI is InChI=1S/C60H40N2O/c1-6-19-41(20-7-1)45-35-46(42-21-8-2-9-22-42)37-50(36-45)61(49-33-34-58-54(40-49)51-29-16-17-32-57(51)63-58)56-31-18-30-52-55-39-47(43-23-10-3-11-24-43)38-53(44-25-12-4-13-26-44)59(55)62(60(52)56)48-27-14-5-15-28-48/h1-40H. The Hall–Kier alpha value is -8.40. The van der Waals surface area contributed by atoms with Gasteiger partial charge in [-0.3, -0.25) is 0 Å². The number of hydrogen-bond acceptors (Lipinski definition) is 2. The second-order valence-electron chi connectivity index (χ2n) is 16.1. The molecular weight excluding hydrogens is 765 g/mol. The van der Waals surface area contributed by atoms with E-state index in [1.807, 2.05) is 6.07 Å². The topological polar surface area (TPSA) is 21.3 Å². The molecule has 0 atom stereocenters. The van der Waals surface area contributed by atoms with E-state index >= 15 is 0 Å². The Kier molecular flexibility index (Phi) is 8.83. The van der Waals surface area contributed by atoms with Crippen molar-refractivity contribution in [3.63, 3.8) is 0 Å². The van der Waals surface area contributed by atoms with Gasteiger partial charge in [0, 0.05) is 44.2 Å². The van der Waals surface area contributed by atoms with E-state index in [0.29, 0.717) is 0 Å². The van der Waals surface area contributed by atoms with E-state index in [1.54, 1.807) is 0 Å². The first-order valence-electron chi connectivity index (χ1n) is 21.5. The summed E-state index contributed by atoms with van der Waals surface area (Å²) in [6, 6.07) is 87.4. The number of benzene rings is 10. The van der Waals surface area contributed by atoms with Gasteiger partial charge in [0.05, 0.1) is 16.7 Å². The van der Waals surface area contributed by atoms with Crippen LogP contribution in [0.5, 0.6) is 0 Å². The predicted molar refractivity (Wildman–Crippen MR) is 264 cm³/mol. The van der Waals surface area contributed by atoms with Crippen LogP contribution >= 0.6 is 0 Å². The molecule has 10 aromatic carbocycles.